The Morgan fingerprint density at radius 3 is 2.32 bits per heavy atom. The molecule has 0 aromatic heterocycles. The third-order valence-electron chi connectivity index (χ3n) is 2.17. The van der Waals surface area contributed by atoms with Crippen molar-refractivity contribution >= 4 is 0 Å². The van der Waals surface area contributed by atoms with Crippen molar-refractivity contribution in [3.8, 4) is 5.75 Å². The molecule has 0 saturated heterocycles. The van der Waals surface area contributed by atoms with E-state index in [9.17, 15) is 13.2 Å². The fourth-order valence-corrected chi connectivity index (χ4v) is 1.24. The molecule has 0 saturated carbocycles. The van der Waals surface area contributed by atoms with Gasteiger partial charge in [-0.2, -0.15) is 13.2 Å². The Morgan fingerprint density at radius 1 is 1.26 bits per heavy atom. The molecule has 0 aliphatic rings. The number of aryl methyl sites for hydroxylation is 1. The third kappa shape index (κ3) is 5.94. The third-order valence-corrected chi connectivity index (χ3v) is 2.17. The maximum Gasteiger partial charge on any atom is 0.416 e. The molecule has 0 radical (unpaired) electrons. The maximum atomic E-state index is 12.5. The van der Waals surface area contributed by atoms with Gasteiger partial charge >= 0.3 is 6.18 Å². The minimum absolute atomic E-state index is 0.00965. The zero-order valence-corrected chi connectivity index (χ0v) is 11.2. The highest BCUT2D eigenvalue weighted by molar-refractivity contribution is 5.36. The standard InChI is InChI=1S/C11H13F3O3.C2H6/c1-7-2-3-9(17-6-8(16)5-15)4-10(7)11(12,13)14;1-2/h2-4,8,15-16H,5-6H2,1H3;1-2H3. The van der Waals surface area contributed by atoms with Gasteiger partial charge in [-0.1, -0.05) is 19.9 Å². The molecule has 0 heterocycles. The Labute approximate surface area is 110 Å². The Balaban J connectivity index is 0.00000154. The summed E-state index contributed by atoms with van der Waals surface area (Å²) in [6, 6.07) is 3.55. The lowest BCUT2D eigenvalue weighted by Gasteiger charge is -2.14. The number of ether oxygens (including phenoxy) is 1. The van der Waals surface area contributed by atoms with Crippen LogP contribution in [0, 0.1) is 6.92 Å². The van der Waals surface area contributed by atoms with Crippen molar-refractivity contribution in [2.45, 2.75) is 33.1 Å². The lowest BCUT2D eigenvalue weighted by molar-refractivity contribution is -0.138. The smallest absolute Gasteiger partial charge is 0.416 e. The van der Waals surface area contributed by atoms with E-state index in [0.717, 1.165) is 6.07 Å². The van der Waals surface area contributed by atoms with Crippen molar-refractivity contribution in [3.05, 3.63) is 29.3 Å². The summed E-state index contributed by atoms with van der Waals surface area (Å²) in [5.41, 5.74) is -0.666. The molecule has 0 spiro atoms. The topological polar surface area (TPSA) is 49.7 Å². The van der Waals surface area contributed by atoms with Gasteiger partial charge in [-0.05, 0) is 24.6 Å². The molecule has 1 aromatic rings. The molecule has 0 aliphatic carbocycles. The van der Waals surface area contributed by atoms with Crippen LogP contribution < -0.4 is 4.74 Å². The number of hydrogen-bond donors (Lipinski definition) is 2. The first kappa shape index (κ1) is 17.7. The van der Waals surface area contributed by atoms with Gasteiger partial charge in [0.2, 0.25) is 0 Å². The summed E-state index contributed by atoms with van der Waals surface area (Å²) in [5.74, 6) is 0.00965. The molecule has 1 aromatic carbocycles. The number of alkyl halides is 3. The number of aliphatic hydroxyl groups is 2. The minimum atomic E-state index is -4.43. The molecule has 6 heteroatoms. The molecule has 0 amide bonds. The van der Waals surface area contributed by atoms with Crippen LogP contribution in [0.25, 0.3) is 0 Å². The van der Waals surface area contributed by atoms with E-state index in [2.05, 4.69) is 0 Å². The fraction of sp³-hybridized carbons (Fsp3) is 0.538. The average Bonchev–Trinajstić information content (AvgIpc) is 2.38. The lowest BCUT2D eigenvalue weighted by Crippen LogP contribution is -2.21. The first-order valence-corrected chi connectivity index (χ1v) is 5.94. The van der Waals surface area contributed by atoms with Gasteiger partial charge in [-0.3, -0.25) is 0 Å². The molecule has 0 aliphatic heterocycles. The summed E-state index contributed by atoms with van der Waals surface area (Å²) in [6.07, 6.45) is -5.54. The largest absolute Gasteiger partial charge is 0.491 e. The first-order valence-electron chi connectivity index (χ1n) is 5.94. The highest BCUT2D eigenvalue weighted by Crippen LogP contribution is 2.33. The summed E-state index contributed by atoms with van der Waals surface area (Å²) in [5, 5.41) is 17.5. The molecule has 0 bridgehead atoms. The summed E-state index contributed by atoms with van der Waals surface area (Å²) in [6.45, 7) is 4.60. The number of rotatable bonds is 4. The summed E-state index contributed by atoms with van der Waals surface area (Å²) >= 11 is 0. The van der Waals surface area contributed by atoms with Crippen LogP contribution in [0.4, 0.5) is 13.2 Å². The highest BCUT2D eigenvalue weighted by atomic mass is 19.4. The number of hydrogen-bond acceptors (Lipinski definition) is 3. The van der Waals surface area contributed by atoms with Gasteiger partial charge in [0, 0.05) is 0 Å². The molecule has 3 nitrogen and oxygen atoms in total. The van der Waals surface area contributed by atoms with E-state index in [-0.39, 0.29) is 17.9 Å². The predicted octanol–water partition coefficient (Wildman–Crippen LogP) is 2.77. The first-order chi connectivity index (χ1) is 8.84. The zero-order chi connectivity index (χ0) is 15.1. The van der Waals surface area contributed by atoms with E-state index in [1.54, 1.807) is 0 Å². The van der Waals surface area contributed by atoms with E-state index in [1.807, 2.05) is 13.8 Å². The van der Waals surface area contributed by atoms with Crippen LogP contribution in [0.1, 0.15) is 25.0 Å². The van der Waals surface area contributed by atoms with Crippen molar-refractivity contribution < 1.29 is 28.1 Å². The molecule has 0 fully saturated rings. The van der Waals surface area contributed by atoms with Crippen LogP contribution in [0.15, 0.2) is 18.2 Å². The molecule has 110 valence electrons. The van der Waals surface area contributed by atoms with Crippen LogP contribution in [-0.2, 0) is 6.18 Å². The summed E-state index contributed by atoms with van der Waals surface area (Å²) < 4.78 is 42.6. The Morgan fingerprint density at radius 2 is 1.84 bits per heavy atom. The average molecular weight is 280 g/mol. The molecule has 1 unspecified atom stereocenters. The summed E-state index contributed by atoms with van der Waals surface area (Å²) in [4.78, 5) is 0. The van der Waals surface area contributed by atoms with Crippen LogP contribution >= 0.6 is 0 Å². The summed E-state index contributed by atoms with van der Waals surface area (Å²) in [7, 11) is 0. The van der Waals surface area contributed by atoms with Crippen molar-refractivity contribution in [1.29, 1.82) is 0 Å². The van der Waals surface area contributed by atoms with Crippen molar-refractivity contribution in [2.24, 2.45) is 0 Å². The number of benzene rings is 1. The van der Waals surface area contributed by atoms with Gasteiger partial charge in [0.1, 0.15) is 18.5 Å². The van der Waals surface area contributed by atoms with Crippen LogP contribution in [0.5, 0.6) is 5.75 Å². The quantitative estimate of drug-likeness (QED) is 0.891. The maximum absolute atomic E-state index is 12.5. The van der Waals surface area contributed by atoms with Crippen LogP contribution in [0.2, 0.25) is 0 Å². The molecule has 2 N–H and O–H groups in total. The van der Waals surface area contributed by atoms with E-state index in [0.29, 0.717) is 0 Å². The molecule has 1 rings (SSSR count). The molecule has 19 heavy (non-hydrogen) atoms. The fourth-order valence-electron chi connectivity index (χ4n) is 1.24. The van der Waals surface area contributed by atoms with Gasteiger partial charge < -0.3 is 14.9 Å². The number of halogens is 3. The Hall–Kier alpha value is -1.27. The Kier molecular flexibility index (Phi) is 7.48. The Bertz CT molecular complexity index is 378. The second kappa shape index (κ2) is 8.01. The highest BCUT2D eigenvalue weighted by Gasteiger charge is 2.32. The molecule has 1 atom stereocenters. The number of aliphatic hydroxyl groups excluding tert-OH is 2. The van der Waals surface area contributed by atoms with E-state index >= 15 is 0 Å². The monoisotopic (exact) mass is 280 g/mol. The normalized spacial score (nSPS) is 12.4. The van der Waals surface area contributed by atoms with E-state index in [4.69, 9.17) is 14.9 Å². The lowest BCUT2D eigenvalue weighted by atomic mass is 10.1. The van der Waals surface area contributed by atoms with Crippen molar-refractivity contribution in [2.75, 3.05) is 13.2 Å². The van der Waals surface area contributed by atoms with Crippen molar-refractivity contribution in [3.63, 3.8) is 0 Å². The van der Waals surface area contributed by atoms with E-state index < -0.39 is 24.5 Å². The predicted molar refractivity (Wildman–Crippen MR) is 66.1 cm³/mol. The van der Waals surface area contributed by atoms with Crippen molar-refractivity contribution in [1.82, 2.24) is 0 Å². The van der Waals surface area contributed by atoms with Crippen LogP contribution in [-0.4, -0.2) is 29.5 Å². The van der Waals surface area contributed by atoms with Gasteiger partial charge in [-0.15, -0.1) is 0 Å². The SMILES string of the molecule is CC.Cc1ccc(OCC(O)CO)cc1C(F)(F)F. The second-order valence-corrected chi connectivity index (χ2v) is 3.62. The van der Waals surface area contributed by atoms with Gasteiger partial charge in [0.15, 0.2) is 0 Å². The molecular formula is C13H19F3O3. The zero-order valence-electron chi connectivity index (χ0n) is 11.2. The van der Waals surface area contributed by atoms with Gasteiger partial charge in [0.05, 0.1) is 12.2 Å². The van der Waals surface area contributed by atoms with Crippen LogP contribution in [0.3, 0.4) is 0 Å². The second-order valence-electron chi connectivity index (χ2n) is 3.62. The van der Waals surface area contributed by atoms with E-state index in [1.165, 1.54) is 19.1 Å². The molecular weight excluding hydrogens is 261 g/mol. The van der Waals surface area contributed by atoms with Gasteiger partial charge in [-0.25, -0.2) is 0 Å². The minimum Gasteiger partial charge on any atom is -0.491 e. The van der Waals surface area contributed by atoms with Gasteiger partial charge in [0.25, 0.3) is 0 Å².